The largest absolute Gasteiger partial charge is 0.449 e. The minimum atomic E-state index is -0.362. The van der Waals surface area contributed by atoms with Crippen molar-refractivity contribution in [3.8, 4) is 11.1 Å². The van der Waals surface area contributed by atoms with Crippen LogP contribution >= 0.6 is 0 Å². The number of hydrogen-bond donors (Lipinski definition) is 2. The van der Waals surface area contributed by atoms with E-state index >= 15 is 0 Å². The smallest absolute Gasteiger partial charge is 0.411 e. The van der Waals surface area contributed by atoms with Gasteiger partial charge in [0.1, 0.15) is 0 Å². The maximum Gasteiger partial charge on any atom is 0.411 e. The number of ether oxygens (including phenoxy) is 1. The Bertz CT molecular complexity index is 763. The Balaban J connectivity index is 1.40. The van der Waals surface area contributed by atoms with E-state index in [-0.39, 0.29) is 6.09 Å². The number of amides is 1. The van der Waals surface area contributed by atoms with Gasteiger partial charge in [-0.3, -0.25) is 5.32 Å². The first kappa shape index (κ1) is 17.1. The van der Waals surface area contributed by atoms with Crippen LogP contribution < -0.4 is 10.6 Å². The van der Waals surface area contributed by atoms with E-state index < -0.39 is 0 Å². The van der Waals surface area contributed by atoms with Crippen molar-refractivity contribution < 1.29 is 9.53 Å². The Kier molecular flexibility index (Phi) is 4.93. The number of carbonyl (C=O) groups is 1. The Hall–Kier alpha value is -2.33. The molecule has 2 saturated heterocycles. The number of benzene rings is 2. The summed E-state index contributed by atoms with van der Waals surface area (Å²) in [6, 6.07) is 17.4. The van der Waals surface area contributed by atoms with Crippen LogP contribution in [0.3, 0.4) is 0 Å². The molecule has 1 amide bonds. The predicted octanol–water partition coefficient (Wildman–Crippen LogP) is 4.74. The molecule has 4 nitrogen and oxygen atoms in total. The van der Waals surface area contributed by atoms with E-state index in [1.807, 2.05) is 49.4 Å². The summed E-state index contributed by atoms with van der Waals surface area (Å²) in [5.74, 6) is 0.477. The molecule has 2 N–H and O–H groups in total. The zero-order chi connectivity index (χ0) is 17.9. The zero-order valence-electron chi connectivity index (χ0n) is 15.2. The molecule has 2 aromatic carbocycles. The second-order valence-electron chi connectivity index (χ2n) is 7.61. The van der Waals surface area contributed by atoms with Crippen molar-refractivity contribution in [2.24, 2.45) is 5.92 Å². The lowest BCUT2D eigenvalue weighted by molar-refractivity contribution is 0.122. The maximum atomic E-state index is 12.4. The highest BCUT2D eigenvalue weighted by Crippen LogP contribution is 2.32. The predicted molar refractivity (Wildman–Crippen MR) is 104 cm³/mol. The van der Waals surface area contributed by atoms with Crippen molar-refractivity contribution in [1.82, 2.24) is 5.32 Å². The third-order valence-electron chi connectivity index (χ3n) is 5.52. The second-order valence-corrected chi connectivity index (χ2v) is 7.61. The molecule has 2 heterocycles. The van der Waals surface area contributed by atoms with Crippen molar-refractivity contribution >= 4 is 11.8 Å². The molecule has 0 aromatic heterocycles. The first-order chi connectivity index (χ1) is 12.7. The second kappa shape index (κ2) is 7.50. The van der Waals surface area contributed by atoms with E-state index in [0.717, 1.165) is 35.2 Å². The molecule has 2 atom stereocenters. The number of aryl methyl sites for hydroxylation is 1. The fourth-order valence-corrected chi connectivity index (χ4v) is 4.28. The van der Waals surface area contributed by atoms with Crippen molar-refractivity contribution in [3.63, 3.8) is 0 Å². The molecule has 4 heteroatoms. The highest BCUT2D eigenvalue weighted by atomic mass is 16.5. The normalized spacial score (nSPS) is 24.3. The number of hydrogen-bond acceptors (Lipinski definition) is 3. The van der Waals surface area contributed by atoms with Gasteiger partial charge in [-0.2, -0.15) is 0 Å². The van der Waals surface area contributed by atoms with E-state index in [0.29, 0.717) is 24.6 Å². The molecule has 2 fully saturated rings. The minimum Gasteiger partial charge on any atom is -0.449 e. The van der Waals surface area contributed by atoms with Gasteiger partial charge in [0, 0.05) is 17.6 Å². The highest BCUT2D eigenvalue weighted by Gasteiger charge is 2.33. The molecule has 136 valence electrons. The van der Waals surface area contributed by atoms with E-state index in [9.17, 15) is 4.79 Å². The van der Waals surface area contributed by atoms with Gasteiger partial charge in [-0.15, -0.1) is 0 Å². The van der Waals surface area contributed by atoms with Crippen LogP contribution in [0.1, 0.15) is 31.2 Å². The Morgan fingerprint density at radius 2 is 1.85 bits per heavy atom. The quantitative estimate of drug-likeness (QED) is 0.837. The van der Waals surface area contributed by atoms with E-state index in [4.69, 9.17) is 4.74 Å². The van der Waals surface area contributed by atoms with Gasteiger partial charge in [-0.05, 0) is 55.7 Å². The number of rotatable bonds is 4. The fraction of sp³-hybridized carbons (Fsp3) is 0.409. The molecule has 2 aliphatic heterocycles. The van der Waals surface area contributed by atoms with Crippen LogP contribution in [0.2, 0.25) is 0 Å². The van der Waals surface area contributed by atoms with E-state index in [1.54, 1.807) is 0 Å². The number of fused-ring (bicyclic) bond motifs is 2. The van der Waals surface area contributed by atoms with Crippen LogP contribution in [0.15, 0.2) is 48.5 Å². The van der Waals surface area contributed by atoms with Crippen LogP contribution in [0.5, 0.6) is 0 Å². The number of piperidine rings is 1. The average Bonchev–Trinajstić information content (AvgIpc) is 2.99. The average molecular weight is 350 g/mol. The Labute approximate surface area is 155 Å². The zero-order valence-corrected chi connectivity index (χ0v) is 15.2. The fourth-order valence-electron chi connectivity index (χ4n) is 4.28. The molecule has 0 saturated carbocycles. The SMILES string of the molecule is Cc1ccc(-c2ccccc2)c(NC(=O)OCC2CC3CCC(C2)N3)c1. The highest BCUT2D eigenvalue weighted by molar-refractivity contribution is 5.91. The van der Waals surface area contributed by atoms with Gasteiger partial charge in [-0.25, -0.2) is 4.79 Å². The monoisotopic (exact) mass is 350 g/mol. The summed E-state index contributed by atoms with van der Waals surface area (Å²) in [6.45, 7) is 2.53. The molecule has 26 heavy (non-hydrogen) atoms. The summed E-state index contributed by atoms with van der Waals surface area (Å²) in [6.07, 6.45) is 4.39. The first-order valence-corrected chi connectivity index (χ1v) is 9.53. The Morgan fingerprint density at radius 1 is 1.12 bits per heavy atom. The summed E-state index contributed by atoms with van der Waals surface area (Å²) in [5.41, 5.74) is 3.99. The lowest BCUT2D eigenvalue weighted by Crippen LogP contribution is -2.39. The summed E-state index contributed by atoms with van der Waals surface area (Å²) in [4.78, 5) is 12.4. The van der Waals surface area contributed by atoms with Crippen molar-refractivity contribution in [1.29, 1.82) is 0 Å². The number of carbonyl (C=O) groups excluding carboxylic acids is 1. The standard InChI is InChI=1S/C22H26N2O2/c1-15-7-10-20(17-5-3-2-4-6-17)21(11-15)24-22(25)26-14-16-12-18-8-9-19(13-16)23-18/h2-7,10-11,16,18-19,23H,8-9,12-14H2,1H3,(H,24,25). The van der Waals surface area contributed by atoms with Gasteiger partial charge < -0.3 is 10.1 Å². The first-order valence-electron chi connectivity index (χ1n) is 9.53. The molecule has 0 radical (unpaired) electrons. The van der Waals surface area contributed by atoms with Gasteiger partial charge >= 0.3 is 6.09 Å². The summed E-state index contributed by atoms with van der Waals surface area (Å²) in [5, 5.41) is 6.57. The van der Waals surface area contributed by atoms with Gasteiger partial charge in [0.15, 0.2) is 0 Å². The van der Waals surface area contributed by atoms with Crippen molar-refractivity contribution in [2.75, 3.05) is 11.9 Å². The van der Waals surface area contributed by atoms with Gasteiger partial charge in [-0.1, -0.05) is 42.5 Å². The molecule has 0 aliphatic carbocycles. The molecule has 2 aromatic rings. The minimum absolute atomic E-state index is 0.362. The third kappa shape index (κ3) is 3.91. The molecule has 4 rings (SSSR count). The van der Waals surface area contributed by atoms with Gasteiger partial charge in [0.25, 0.3) is 0 Å². The lowest BCUT2D eigenvalue weighted by atomic mass is 9.93. The molecular weight excluding hydrogens is 324 g/mol. The summed E-state index contributed by atoms with van der Waals surface area (Å²) >= 11 is 0. The van der Waals surface area contributed by atoms with E-state index in [2.05, 4.69) is 16.7 Å². The maximum absolute atomic E-state index is 12.4. The summed E-state index contributed by atoms with van der Waals surface area (Å²) < 4.78 is 5.56. The molecule has 2 bridgehead atoms. The topological polar surface area (TPSA) is 50.4 Å². The van der Waals surface area contributed by atoms with Crippen LogP contribution in [-0.2, 0) is 4.74 Å². The van der Waals surface area contributed by atoms with Crippen molar-refractivity contribution in [3.05, 3.63) is 54.1 Å². The molecule has 0 spiro atoms. The van der Waals surface area contributed by atoms with Crippen LogP contribution in [-0.4, -0.2) is 24.8 Å². The third-order valence-corrected chi connectivity index (χ3v) is 5.52. The van der Waals surface area contributed by atoms with Crippen LogP contribution in [0.25, 0.3) is 11.1 Å². The van der Waals surface area contributed by atoms with E-state index in [1.165, 1.54) is 12.8 Å². The van der Waals surface area contributed by atoms with Gasteiger partial charge in [0.2, 0.25) is 0 Å². The van der Waals surface area contributed by atoms with Crippen molar-refractivity contribution in [2.45, 2.75) is 44.7 Å². The van der Waals surface area contributed by atoms with Gasteiger partial charge in [0.05, 0.1) is 12.3 Å². The molecule has 2 unspecified atom stereocenters. The lowest BCUT2D eigenvalue weighted by Gasteiger charge is -2.28. The molecular formula is C22H26N2O2. The number of anilines is 1. The van der Waals surface area contributed by atoms with Crippen LogP contribution in [0.4, 0.5) is 10.5 Å². The van der Waals surface area contributed by atoms with Crippen LogP contribution in [0, 0.1) is 12.8 Å². The Morgan fingerprint density at radius 3 is 2.58 bits per heavy atom. The molecule has 2 aliphatic rings. The summed E-state index contributed by atoms with van der Waals surface area (Å²) in [7, 11) is 0. The number of nitrogens with one attached hydrogen (secondary N) is 2.